The highest BCUT2D eigenvalue weighted by Crippen LogP contribution is 2.32. The Morgan fingerprint density at radius 1 is 1.13 bits per heavy atom. The van der Waals surface area contributed by atoms with E-state index in [1.807, 2.05) is 18.2 Å². The van der Waals surface area contributed by atoms with E-state index in [0.29, 0.717) is 11.1 Å². The van der Waals surface area contributed by atoms with Gasteiger partial charge in [-0.1, -0.05) is 30.3 Å². The van der Waals surface area contributed by atoms with Gasteiger partial charge >= 0.3 is 0 Å². The van der Waals surface area contributed by atoms with E-state index < -0.39 is 0 Å². The average molecular weight is 200 g/mol. The van der Waals surface area contributed by atoms with Gasteiger partial charge in [-0.25, -0.2) is 0 Å². The Morgan fingerprint density at radius 3 is 2.60 bits per heavy atom. The molecule has 0 aliphatic rings. The Balaban J connectivity index is 2.59. The van der Waals surface area contributed by atoms with Gasteiger partial charge in [0.15, 0.2) is 0 Å². The van der Waals surface area contributed by atoms with Crippen LogP contribution in [0.2, 0.25) is 0 Å². The predicted molar refractivity (Wildman–Crippen MR) is 58.4 cm³/mol. The molecule has 0 spiro atoms. The zero-order chi connectivity index (χ0) is 10.8. The van der Waals surface area contributed by atoms with Crippen molar-refractivity contribution in [3.63, 3.8) is 0 Å². The van der Waals surface area contributed by atoms with Gasteiger partial charge in [-0.15, -0.1) is 0 Å². The van der Waals surface area contributed by atoms with Gasteiger partial charge in [0.1, 0.15) is 0 Å². The molecule has 0 aliphatic heterocycles. The Bertz CT molecular complexity index is 520. The summed E-state index contributed by atoms with van der Waals surface area (Å²) < 4.78 is 0. The number of nitrogens with one attached hydrogen (secondary N) is 1. The van der Waals surface area contributed by atoms with Crippen molar-refractivity contribution in [2.75, 3.05) is 5.32 Å². The fourth-order valence-electron chi connectivity index (χ4n) is 1.53. The summed E-state index contributed by atoms with van der Waals surface area (Å²) in [5.41, 5.74) is 0.334. The number of rotatable bonds is 1. The summed E-state index contributed by atoms with van der Waals surface area (Å²) in [4.78, 5) is 10.9. The fraction of sp³-hybridized carbons (Fsp3) is 0.0833. The first kappa shape index (κ1) is 9.52. The summed E-state index contributed by atoms with van der Waals surface area (Å²) in [5, 5.41) is 15.9. The van der Waals surface area contributed by atoms with Gasteiger partial charge in [-0.3, -0.25) is 9.90 Å². The van der Waals surface area contributed by atoms with Crippen LogP contribution in [0.1, 0.15) is 6.92 Å². The maximum atomic E-state index is 11.8. The van der Waals surface area contributed by atoms with Crippen molar-refractivity contribution >= 4 is 22.4 Å². The summed E-state index contributed by atoms with van der Waals surface area (Å²) in [5.74, 6) is -0.370. The molecule has 3 heteroatoms. The second kappa shape index (κ2) is 3.61. The number of carbonyl (C=O) groups excluding carboxylic acids is 1. The SMILES string of the molecule is CC(=O)Nc1ccc2ccccc2c1[O]. The number of anilines is 1. The Hall–Kier alpha value is -2.03. The average Bonchev–Trinajstić information content (AvgIpc) is 2.22. The van der Waals surface area contributed by atoms with E-state index in [1.165, 1.54) is 6.92 Å². The molecule has 0 bridgehead atoms. The molecule has 1 N–H and O–H groups in total. The highest BCUT2D eigenvalue weighted by molar-refractivity contribution is 5.98. The van der Waals surface area contributed by atoms with Crippen molar-refractivity contribution in [1.82, 2.24) is 0 Å². The first-order chi connectivity index (χ1) is 7.18. The van der Waals surface area contributed by atoms with Gasteiger partial charge in [0, 0.05) is 12.3 Å². The summed E-state index contributed by atoms with van der Waals surface area (Å²) in [6.45, 7) is 1.38. The van der Waals surface area contributed by atoms with Crippen LogP contribution >= 0.6 is 0 Å². The molecule has 0 saturated heterocycles. The fourth-order valence-corrected chi connectivity index (χ4v) is 1.53. The van der Waals surface area contributed by atoms with Crippen molar-refractivity contribution in [1.29, 1.82) is 0 Å². The third-order valence-electron chi connectivity index (χ3n) is 2.19. The van der Waals surface area contributed by atoms with Crippen LogP contribution in [0, 0.1) is 0 Å². The van der Waals surface area contributed by atoms with Crippen molar-refractivity contribution in [2.24, 2.45) is 0 Å². The Kier molecular flexibility index (Phi) is 2.29. The third kappa shape index (κ3) is 1.76. The molecule has 15 heavy (non-hydrogen) atoms. The maximum Gasteiger partial charge on any atom is 0.221 e. The lowest BCUT2D eigenvalue weighted by atomic mass is 10.1. The molecule has 0 heterocycles. The molecule has 75 valence electrons. The van der Waals surface area contributed by atoms with E-state index in [1.54, 1.807) is 18.2 Å². The van der Waals surface area contributed by atoms with E-state index >= 15 is 0 Å². The van der Waals surface area contributed by atoms with Gasteiger partial charge in [-0.05, 0) is 11.5 Å². The molecule has 0 aliphatic carbocycles. The molecule has 1 radical (unpaired) electrons. The standard InChI is InChI=1S/C12H10NO2/c1-8(14)13-11-7-6-9-4-2-3-5-10(9)12(11)15/h2-7H,1H3,(H,13,14). The zero-order valence-electron chi connectivity index (χ0n) is 8.28. The van der Waals surface area contributed by atoms with Crippen LogP contribution in [0.3, 0.4) is 0 Å². The smallest absolute Gasteiger partial charge is 0.221 e. The number of carbonyl (C=O) groups is 1. The molecular weight excluding hydrogens is 190 g/mol. The summed E-state index contributed by atoms with van der Waals surface area (Å²) >= 11 is 0. The molecule has 2 aromatic rings. The van der Waals surface area contributed by atoms with Gasteiger partial charge < -0.3 is 5.32 Å². The third-order valence-corrected chi connectivity index (χ3v) is 2.19. The Labute approximate surface area is 87.3 Å². The summed E-state index contributed by atoms with van der Waals surface area (Å²) in [6, 6.07) is 10.8. The largest absolute Gasteiger partial charge is 0.323 e. The molecule has 3 nitrogen and oxygen atoms in total. The molecular formula is C12H10NO2. The minimum Gasteiger partial charge on any atom is -0.323 e. The lowest BCUT2D eigenvalue weighted by Gasteiger charge is -2.05. The van der Waals surface area contributed by atoms with Crippen LogP contribution in [0.15, 0.2) is 36.4 Å². The van der Waals surface area contributed by atoms with Gasteiger partial charge in [0.05, 0.1) is 5.69 Å². The highest BCUT2D eigenvalue weighted by Gasteiger charge is 2.08. The van der Waals surface area contributed by atoms with E-state index in [4.69, 9.17) is 0 Å². The molecule has 1 amide bonds. The number of hydrogen-bond acceptors (Lipinski definition) is 1. The van der Waals surface area contributed by atoms with E-state index in [9.17, 15) is 9.90 Å². The maximum absolute atomic E-state index is 11.8. The minimum absolute atomic E-state index is 0.136. The summed E-state index contributed by atoms with van der Waals surface area (Å²) in [7, 11) is 0. The predicted octanol–water partition coefficient (Wildman–Crippen LogP) is 2.94. The van der Waals surface area contributed by atoms with Crippen LogP contribution in [-0.2, 0) is 9.90 Å². The molecule has 0 atom stereocenters. The highest BCUT2D eigenvalue weighted by atomic mass is 16.3. The number of hydrogen-bond donors (Lipinski definition) is 1. The van der Waals surface area contributed by atoms with Crippen LogP contribution < -0.4 is 5.32 Å². The molecule has 0 unspecified atom stereocenters. The van der Waals surface area contributed by atoms with Crippen LogP contribution in [0.25, 0.3) is 10.8 Å². The quantitative estimate of drug-likeness (QED) is 0.755. The first-order valence-electron chi connectivity index (χ1n) is 4.65. The van der Waals surface area contributed by atoms with Crippen molar-refractivity contribution in [3.8, 4) is 5.75 Å². The van der Waals surface area contributed by atoms with Gasteiger partial charge in [0.25, 0.3) is 0 Å². The molecule has 2 aromatic carbocycles. The lowest BCUT2D eigenvalue weighted by Crippen LogP contribution is -2.05. The van der Waals surface area contributed by atoms with Crippen LogP contribution in [-0.4, -0.2) is 5.91 Å². The molecule has 2 rings (SSSR count). The van der Waals surface area contributed by atoms with E-state index in [-0.39, 0.29) is 11.7 Å². The van der Waals surface area contributed by atoms with Crippen molar-refractivity contribution < 1.29 is 9.90 Å². The molecule has 0 aromatic heterocycles. The summed E-state index contributed by atoms with van der Waals surface area (Å²) in [6.07, 6.45) is 0. The van der Waals surface area contributed by atoms with E-state index in [0.717, 1.165) is 5.39 Å². The van der Waals surface area contributed by atoms with Gasteiger partial charge in [0.2, 0.25) is 11.7 Å². The Morgan fingerprint density at radius 2 is 1.87 bits per heavy atom. The number of benzene rings is 2. The van der Waals surface area contributed by atoms with Crippen LogP contribution in [0.4, 0.5) is 5.69 Å². The topological polar surface area (TPSA) is 49.0 Å². The minimum atomic E-state index is -0.234. The van der Waals surface area contributed by atoms with Gasteiger partial charge in [-0.2, -0.15) is 0 Å². The normalized spacial score (nSPS) is 10.2. The van der Waals surface area contributed by atoms with Crippen LogP contribution in [0.5, 0.6) is 5.75 Å². The molecule has 0 saturated carbocycles. The van der Waals surface area contributed by atoms with E-state index in [2.05, 4.69) is 5.32 Å². The monoisotopic (exact) mass is 200 g/mol. The number of amides is 1. The second-order valence-corrected chi connectivity index (χ2v) is 3.34. The van der Waals surface area contributed by atoms with Crippen molar-refractivity contribution in [3.05, 3.63) is 36.4 Å². The molecule has 0 fully saturated rings. The lowest BCUT2D eigenvalue weighted by molar-refractivity contribution is -0.114. The van der Waals surface area contributed by atoms with Crippen molar-refractivity contribution in [2.45, 2.75) is 6.92 Å². The second-order valence-electron chi connectivity index (χ2n) is 3.34. The zero-order valence-corrected chi connectivity index (χ0v) is 8.28. The number of fused-ring (bicyclic) bond motifs is 1. The first-order valence-corrected chi connectivity index (χ1v) is 4.65.